The van der Waals surface area contributed by atoms with E-state index in [1.807, 2.05) is 73.7 Å². The summed E-state index contributed by atoms with van der Waals surface area (Å²) in [7, 11) is 1.62. The summed E-state index contributed by atoms with van der Waals surface area (Å²) in [5.41, 5.74) is 2.08. The second-order valence-corrected chi connectivity index (χ2v) is 10.1. The van der Waals surface area contributed by atoms with Crippen LogP contribution in [0.1, 0.15) is 32.3 Å². The predicted octanol–water partition coefficient (Wildman–Crippen LogP) is 6.87. The molecule has 9 nitrogen and oxygen atoms in total. The maximum atomic E-state index is 13.3. The van der Waals surface area contributed by atoms with Gasteiger partial charge in [0.1, 0.15) is 23.1 Å². The van der Waals surface area contributed by atoms with Gasteiger partial charge in [-0.05, 0) is 43.3 Å². The molecule has 198 valence electrons. The highest BCUT2D eigenvalue weighted by atomic mass is 16.5. The first-order chi connectivity index (χ1) is 18.7. The number of nitrogens with one attached hydrogen (secondary N) is 2. The summed E-state index contributed by atoms with van der Waals surface area (Å²) in [5.74, 6) is 2.99. The van der Waals surface area contributed by atoms with Gasteiger partial charge in [-0.1, -0.05) is 45.0 Å². The second kappa shape index (κ2) is 10.4. The van der Waals surface area contributed by atoms with Crippen molar-refractivity contribution in [2.24, 2.45) is 0 Å². The lowest BCUT2D eigenvalue weighted by Crippen LogP contribution is -2.21. The highest BCUT2D eigenvalue weighted by molar-refractivity contribution is 6.07. The number of methoxy groups -OCH3 is 1. The fourth-order valence-corrected chi connectivity index (χ4v) is 4.10. The number of nitrogens with zero attached hydrogens (tertiary/aromatic N) is 4. The Labute approximate surface area is 226 Å². The smallest absolute Gasteiger partial charge is 0.324 e. The number of ether oxygens (including phenoxy) is 2. The van der Waals surface area contributed by atoms with Crippen molar-refractivity contribution in [3.05, 3.63) is 90.5 Å². The molecule has 9 heteroatoms. The molecule has 2 aromatic heterocycles. The van der Waals surface area contributed by atoms with Gasteiger partial charge in [-0.25, -0.2) is 14.5 Å². The zero-order valence-electron chi connectivity index (χ0n) is 22.5. The number of hydrogen-bond donors (Lipinski definition) is 2. The number of aryl methyl sites for hydroxylation is 1. The maximum absolute atomic E-state index is 13.3. The number of carbonyl (C=O) groups excluding carboxylic acids is 1. The monoisotopic (exact) mass is 522 g/mol. The van der Waals surface area contributed by atoms with Crippen LogP contribution in [-0.4, -0.2) is 32.9 Å². The zero-order valence-corrected chi connectivity index (χ0v) is 22.5. The van der Waals surface area contributed by atoms with Gasteiger partial charge in [0.25, 0.3) is 0 Å². The van der Waals surface area contributed by atoms with Crippen LogP contribution in [0.25, 0.3) is 16.5 Å². The second-order valence-electron chi connectivity index (χ2n) is 10.1. The fourth-order valence-electron chi connectivity index (χ4n) is 4.10. The summed E-state index contributed by atoms with van der Waals surface area (Å²) in [4.78, 5) is 21.7. The summed E-state index contributed by atoms with van der Waals surface area (Å²) in [6, 6.07) is 22.0. The normalized spacial score (nSPS) is 11.3. The molecular weight excluding hydrogens is 492 g/mol. The van der Waals surface area contributed by atoms with Crippen LogP contribution in [0.3, 0.4) is 0 Å². The van der Waals surface area contributed by atoms with Gasteiger partial charge in [0.05, 0.1) is 24.2 Å². The molecule has 0 aliphatic heterocycles. The van der Waals surface area contributed by atoms with Gasteiger partial charge >= 0.3 is 6.03 Å². The molecule has 0 aliphatic carbocycles. The van der Waals surface area contributed by atoms with Crippen LogP contribution in [0.15, 0.2) is 79.0 Å². The molecule has 3 aromatic carbocycles. The molecule has 0 radical (unpaired) electrons. The van der Waals surface area contributed by atoms with Gasteiger partial charge in [-0.15, -0.1) is 0 Å². The first-order valence-corrected chi connectivity index (χ1v) is 12.5. The van der Waals surface area contributed by atoms with Crippen LogP contribution in [0, 0.1) is 6.92 Å². The molecule has 0 fully saturated rings. The van der Waals surface area contributed by atoms with Gasteiger partial charge in [0.15, 0.2) is 0 Å². The summed E-state index contributed by atoms with van der Waals surface area (Å²) < 4.78 is 13.0. The Morgan fingerprint density at radius 3 is 2.36 bits per heavy atom. The Bertz CT molecular complexity index is 1640. The van der Waals surface area contributed by atoms with Crippen molar-refractivity contribution >= 4 is 28.3 Å². The quantitative estimate of drug-likeness (QED) is 0.252. The average Bonchev–Trinajstić information content (AvgIpc) is 3.34. The zero-order chi connectivity index (χ0) is 27.6. The van der Waals surface area contributed by atoms with Crippen molar-refractivity contribution in [2.75, 3.05) is 17.7 Å². The van der Waals surface area contributed by atoms with Crippen LogP contribution in [0.2, 0.25) is 0 Å². The number of fused-ring (bicyclic) bond motifs is 1. The van der Waals surface area contributed by atoms with Crippen LogP contribution in [0.5, 0.6) is 17.4 Å². The third-order valence-electron chi connectivity index (χ3n) is 6.13. The van der Waals surface area contributed by atoms with E-state index in [0.29, 0.717) is 29.0 Å². The SMILES string of the molecule is COc1ccc(-n2nc(C(C)(C)C)cc2NC(=O)Nc2ccc(Oc3ccnc(C)n3)c3ccccc23)cc1. The highest BCUT2D eigenvalue weighted by Crippen LogP contribution is 2.34. The molecule has 0 bridgehead atoms. The van der Waals surface area contributed by atoms with Gasteiger partial charge in [0, 0.05) is 34.5 Å². The fraction of sp³-hybridized carbons (Fsp3) is 0.200. The van der Waals surface area contributed by atoms with Crippen molar-refractivity contribution in [2.45, 2.75) is 33.1 Å². The molecule has 5 rings (SSSR count). The molecule has 0 aliphatic rings. The highest BCUT2D eigenvalue weighted by Gasteiger charge is 2.22. The van der Waals surface area contributed by atoms with Gasteiger partial charge < -0.3 is 14.8 Å². The number of benzene rings is 3. The van der Waals surface area contributed by atoms with Gasteiger partial charge in [0.2, 0.25) is 5.88 Å². The number of amides is 2. The number of rotatable bonds is 6. The Morgan fingerprint density at radius 1 is 0.923 bits per heavy atom. The summed E-state index contributed by atoms with van der Waals surface area (Å²) in [5, 5.41) is 12.4. The average molecular weight is 523 g/mol. The van der Waals surface area contributed by atoms with Gasteiger partial charge in [-0.3, -0.25) is 5.32 Å². The van der Waals surface area contributed by atoms with E-state index in [4.69, 9.17) is 14.6 Å². The van der Waals surface area contributed by atoms with Crippen molar-refractivity contribution in [1.82, 2.24) is 19.7 Å². The summed E-state index contributed by atoms with van der Waals surface area (Å²) in [6.07, 6.45) is 1.65. The summed E-state index contributed by atoms with van der Waals surface area (Å²) >= 11 is 0. The van der Waals surface area contributed by atoms with E-state index in [1.54, 1.807) is 24.1 Å². The molecule has 0 saturated heterocycles. The number of carbonyl (C=O) groups is 1. The minimum Gasteiger partial charge on any atom is -0.497 e. The van der Waals surface area contributed by atoms with Crippen LogP contribution in [-0.2, 0) is 5.41 Å². The molecule has 0 spiro atoms. The third kappa shape index (κ3) is 5.67. The van der Waals surface area contributed by atoms with Crippen molar-refractivity contribution in [3.63, 3.8) is 0 Å². The Hall–Kier alpha value is -4.92. The van der Waals surface area contributed by atoms with Crippen LogP contribution in [0.4, 0.5) is 16.3 Å². The standard InChI is InChI=1S/C30H30N6O3/c1-19-31-17-16-28(32-19)39-25-15-14-24(22-8-6-7-9-23(22)25)33-29(37)34-27-18-26(30(2,3)4)35-36(27)20-10-12-21(38-5)13-11-20/h6-18H,1-5H3,(H2,33,34,37). The first-order valence-electron chi connectivity index (χ1n) is 12.5. The topological polar surface area (TPSA) is 103 Å². The Kier molecular flexibility index (Phi) is 6.89. The van der Waals surface area contributed by atoms with Crippen molar-refractivity contribution < 1.29 is 14.3 Å². The molecular formula is C30H30N6O3. The molecule has 0 saturated carbocycles. The molecule has 5 aromatic rings. The number of hydrogen-bond acceptors (Lipinski definition) is 6. The molecule has 2 amide bonds. The number of anilines is 2. The molecule has 0 unspecified atom stereocenters. The van der Waals surface area contributed by atoms with E-state index < -0.39 is 6.03 Å². The lowest BCUT2D eigenvalue weighted by Gasteiger charge is -2.14. The molecule has 2 heterocycles. The van der Waals surface area contributed by atoms with E-state index in [9.17, 15) is 4.79 Å². The summed E-state index contributed by atoms with van der Waals surface area (Å²) in [6.45, 7) is 8.05. The van der Waals surface area contributed by atoms with E-state index in [0.717, 1.165) is 27.9 Å². The largest absolute Gasteiger partial charge is 0.497 e. The molecule has 2 N–H and O–H groups in total. The van der Waals surface area contributed by atoms with E-state index in [2.05, 4.69) is 41.4 Å². The van der Waals surface area contributed by atoms with Crippen LogP contribution < -0.4 is 20.1 Å². The Morgan fingerprint density at radius 2 is 1.67 bits per heavy atom. The van der Waals surface area contributed by atoms with Crippen LogP contribution >= 0.6 is 0 Å². The first kappa shape index (κ1) is 25.7. The minimum atomic E-state index is -0.393. The maximum Gasteiger partial charge on any atom is 0.324 e. The predicted molar refractivity (Wildman–Crippen MR) is 152 cm³/mol. The Balaban J connectivity index is 1.42. The van der Waals surface area contributed by atoms with Crippen molar-refractivity contribution in [1.29, 1.82) is 0 Å². The third-order valence-corrected chi connectivity index (χ3v) is 6.13. The minimum absolute atomic E-state index is 0.209. The van der Waals surface area contributed by atoms with E-state index in [-0.39, 0.29) is 5.41 Å². The molecule has 39 heavy (non-hydrogen) atoms. The molecule has 0 atom stereocenters. The number of urea groups is 1. The van der Waals surface area contributed by atoms with Gasteiger partial charge in [-0.2, -0.15) is 10.1 Å². The lowest BCUT2D eigenvalue weighted by molar-refractivity contribution is 0.262. The van der Waals surface area contributed by atoms with Crippen molar-refractivity contribution in [3.8, 4) is 23.1 Å². The van der Waals surface area contributed by atoms with E-state index >= 15 is 0 Å². The van der Waals surface area contributed by atoms with E-state index in [1.165, 1.54) is 0 Å². The lowest BCUT2D eigenvalue weighted by atomic mass is 9.92. The number of aromatic nitrogens is 4.